The van der Waals surface area contributed by atoms with E-state index in [2.05, 4.69) is 5.32 Å². The second-order valence-electron chi connectivity index (χ2n) is 4.46. The van der Waals surface area contributed by atoms with Crippen LogP contribution in [0.15, 0.2) is 42.5 Å². The van der Waals surface area contributed by atoms with Gasteiger partial charge in [0.2, 0.25) is 0 Å². The molecule has 0 amide bonds. The fourth-order valence-corrected chi connectivity index (χ4v) is 2.02. The smallest absolute Gasteiger partial charge is 0.142 e. The van der Waals surface area contributed by atoms with E-state index in [4.69, 9.17) is 4.74 Å². The molecule has 2 nitrogen and oxygen atoms in total. The number of hydrogen-bond donors (Lipinski definition) is 1. The quantitative estimate of drug-likeness (QED) is 0.866. The van der Waals surface area contributed by atoms with Crippen molar-refractivity contribution in [2.45, 2.75) is 19.9 Å². The second-order valence-corrected chi connectivity index (χ2v) is 4.46. The highest BCUT2D eigenvalue weighted by atomic mass is 19.1. The highest BCUT2D eigenvalue weighted by Gasteiger charge is 2.13. The van der Waals surface area contributed by atoms with Gasteiger partial charge in [0.25, 0.3) is 0 Å². The minimum absolute atomic E-state index is 0.288. The van der Waals surface area contributed by atoms with Gasteiger partial charge in [-0.1, -0.05) is 12.1 Å². The zero-order valence-corrected chi connectivity index (χ0v) is 11.5. The van der Waals surface area contributed by atoms with Gasteiger partial charge in [0, 0.05) is 5.56 Å². The van der Waals surface area contributed by atoms with Gasteiger partial charge in [0.05, 0.1) is 18.3 Å². The molecular formula is C16H17F2NO. The molecule has 0 saturated heterocycles. The lowest BCUT2D eigenvalue weighted by Crippen LogP contribution is -2.10. The number of para-hydroxylation sites is 2. The van der Waals surface area contributed by atoms with E-state index in [1.807, 2.05) is 31.2 Å². The van der Waals surface area contributed by atoms with E-state index >= 15 is 0 Å². The maximum atomic E-state index is 13.7. The molecule has 2 rings (SSSR count). The van der Waals surface area contributed by atoms with Crippen LogP contribution in [0.1, 0.15) is 25.5 Å². The Morgan fingerprint density at radius 3 is 2.65 bits per heavy atom. The zero-order chi connectivity index (χ0) is 14.5. The first-order chi connectivity index (χ1) is 9.61. The summed E-state index contributed by atoms with van der Waals surface area (Å²) in [5, 5.41) is 3.15. The summed E-state index contributed by atoms with van der Waals surface area (Å²) >= 11 is 0. The van der Waals surface area contributed by atoms with Crippen molar-refractivity contribution in [2.24, 2.45) is 0 Å². The van der Waals surface area contributed by atoms with E-state index in [-0.39, 0.29) is 11.6 Å². The van der Waals surface area contributed by atoms with Gasteiger partial charge in [0.1, 0.15) is 17.4 Å². The van der Waals surface area contributed by atoms with Crippen molar-refractivity contribution in [3.63, 3.8) is 0 Å². The van der Waals surface area contributed by atoms with Crippen LogP contribution in [0.2, 0.25) is 0 Å². The van der Waals surface area contributed by atoms with Gasteiger partial charge >= 0.3 is 0 Å². The minimum atomic E-state index is -0.451. The summed E-state index contributed by atoms with van der Waals surface area (Å²) < 4.78 is 32.5. The van der Waals surface area contributed by atoms with Gasteiger partial charge in [-0.05, 0) is 44.2 Å². The van der Waals surface area contributed by atoms with Crippen LogP contribution < -0.4 is 10.1 Å². The summed E-state index contributed by atoms with van der Waals surface area (Å²) in [6.07, 6.45) is 0. The van der Waals surface area contributed by atoms with Crippen LogP contribution in [-0.2, 0) is 0 Å². The molecule has 2 aromatic rings. The first-order valence-electron chi connectivity index (χ1n) is 6.55. The molecule has 20 heavy (non-hydrogen) atoms. The van der Waals surface area contributed by atoms with Crippen molar-refractivity contribution in [1.82, 2.24) is 0 Å². The van der Waals surface area contributed by atoms with Crippen molar-refractivity contribution in [2.75, 3.05) is 11.9 Å². The molecule has 0 aromatic heterocycles. The van der Waals surface area contributed by atoms with E-state index in [0.29, 0.717) is 12.4 Å². The van der Waals surface area contributed by atoms with Crippen molar-refractivity contribution in [3.8, 4) is 5.75 Å². The summed E-state index contributed by atoms with van der Waals surface area (Å²) in [6.45, 7) is 4.22. The number of halogens is 2. The van der Waals surface area contributed by atoms with Crippen LogP contribution in [0.5, 0.6) is 5.75 Å². The molecule has 0 fully saturated rings. The van der Waals surface area contributed by atoms with Gasteiger partial charge in [-0.2, -0.15) is 0 Å². The van der Waals surface area contributed by atoms with E-state index in [9.17, 15) is 8.78 Å². The fourth-order valence-electron chi connectivity index (χ4n) is 2.02. The Labute approximate surface area is 117 Å². The Balaban J connectivity index is 2.23. The summed E-state index contributed by atoms with van der Waals surface area (Å²) in [4.78, 5) is 0. The topological polar surface area (TPSA) is 21.3 Å². The molecule has 0 spiro atoms. The molecule has 1 unspecified atom stereocenters. The summed E-state index contributed by atoms with van der Waals surface area (Å²) in [5.74, 6) is -0.188. The van der Waals surface area contributed by atoms with Crippen molar-refractivity contribution in [1.29, 1.82) is 0 Å². The van der Waals surface area contributed by atoms with Gasteiger partial charge in [-0.15, -0.1) is 0 Å². The molecule has 1 atom stereocenters. The van der Waals surface area contributed by atoms with Crippen LogP contribution in [0.4, 0.5) is 14.5 Å². The average molecular weight is 277 g/mol. The van der Waals surface area contributed by atoms with Crippen LogP contribution in [-0.4, -0.2) is 6.61 Å². The van der Waals surface area contributed by atoms with Gasteiger partial charge < -0.3 is 10.1 Å². The standard InChI is InChI=1S/C16H17F2NO/c1-3-20-16-7-5-4-6-15(16)19-11(2)13-10-12(17)8-9-14(13)18/h4-11,19H,3H2,1-2H3. The predicted octanol–water partition coefficient (Wildman–Crippen LogP) is 4.54. The van der Waals surface area contributed by atoms with Crippen molar-refractivity contribution < 1.29 is 13.5 Å². The molecule has 0 radical (unpaired) electrons. The largest absolute Gasteiger partial charge is 0.492 e. The highest BCUT2D eigenvalue weighted by molar-refractivity contribution is 5.57. The Morgan fingerprint density at radius 2 is 1.90 bits per heavy atom. The monoisotopic (exact) mass is 277 g/mol. The van der Waals surface area contributed by atoms with Crippen molar-refractivity contribution in [3.05, 3.63) is 59.7 Å². The molecule has 0 bridgehead atoms. The molecule has 106 valence electrons. The number of nitrogens with one attached hydrogen (secondary N) is 1. The molecule has 0 aliphatic carbocycles. The SMILES string of the molecule is CCOc1ccccc1NC(C)c1cc(F)ccc1F. The lowest BCUT2D eigenvalue weighted by atomic mass is 10.1. The third kappa shape index (κ3) is 3.26. The fraction of sp³-hybridized carbons (Fsp3) is 0.250. The number of anilines is 1. The van der Waals surface area contributed by atoms with Crippen LogP contribution in [0.25, 0.3) is 0 Å². The lowest BCUT2D eigenvalue weighted by molar-refractivity contribution is 0.341. The minimum Gasteiger partial charge on any atom is -0.492 e. The van der Waals surface area contributed by atoms with E-state index in [1.54, 1.807) is 6.92 Å². The van der Waals surface area contributed by atoms with Gasteiger partial charge in [0.15, 0.2) is 0 Å². The molecule has 0 heterocycles. The number of hydrogen-bond acceptors (Lipinski definition) is 2. The Morgan fingerprint density at radius 1 is 1.15 bits per heavy atom. The lowest BCUT2D eigenvalue weighted by Gasteiger charge is -2.19. The zero-order valence-electron chi connectivity index (χ0n) is 11.5. The Kier molecular flexibility index (Phi) is 4.56. The van der Waals surface area contributed by atoms with Crippen molar-refractivity contribution >= 4 is 5.69 Å². The third-order valence-corrected chi connectivity index (χ3v) is 2.98. The van der Waals surface area contributed by atoms with E-state index in [0.717, 1.165) is 17.8 Å². The van der Waals surface area contributed by atoms with E-state index in [1.165, 1.54) is 6.07 Å². The normalized spacial score (nSPS) is 12.0. The first-order valence-corrected chi connectivity index (χ1v) is 6.55. The molecule has 4 heteroatoms. The van der Waals surface area contributed by atoms with Gasteiger partial charge in [-0.25, -0.2) is 8.78 Å². The third-order valence-electron chi connectivity index (χ3n) is 2.98. The molecular weight excluding hydrogens is 260 g/mol. The van der Waals surface area contributed by atoms with Gasteiger partial charge in [-0.3, -0.25) is 0 Å². The summed E-state index contributed by atoms with van der Waals surface area (Å²) in [5.41, 5.74) is 1.04. The predicted molar refractivity (Wildman–Crippen MR) is 76.0 cm³/mol. The maximum Gasteiger partial charge on any atom is 0.142 e. The van der Waals surface area contributed by atoms with Crippen LogP contribution in [0.3, 0.4) is 0 Å². The summed E-state index contributed by atoms with van der Waals surface area (Å²) in [7, 11) is 0. The summed E-state index contributed by atoms with van der Waals surface area (Å²) in [6, 6.07) is 10.5. The molecule has 0 aliphatic rings. The van der Waals surface area contributed by atoms with Crippen LogP contribution in [0, 0.1) is 11.6 Å². The number of benzene rings is 2. The molecule has 0 aliphatic heterocycles. The van der Waals surface area contributed by atoms with E-state index < -0.39 is 11.6 Å². The molecule has 0 saturated carbocycles. The average Bonchev–Trinajstić information content (AvgIpc) is 2.44. The van der Waals surface area contributed by atoms with Crippen LogP contribution >= 0.6 is 0 Å². The number of ether oxygens (including phenoxy) is 1. The maximum absolute atomic E-state index is 13.7. The Bertz CT molecular complexity index is 586. The molecule has 1 N–H and O–H groups in total. The Hall–Kier alpha value is -2.10. The second kappa shape index (κ2) is 6.37. The molecule has 2 aromatic carbocycles. The number of rotatable bonds is 5. The highest BCUT2D eigenvalue weighted by Crippen LogP contribution is 2.29. The first kappa shape index (κ1) is 14.3.